The highest BCUT2D eigenvalue weighted by molar-refractivity contribution is 7.96. The first-order valence-electron chi connectivity index (χ1n) is 7.57. The van der Waals surface area contributed by atoms with Crippen LogP contribution in [0.2, 0.25) is 5.02 Å². The van der Waals surface area contributed by atoms with Gasteiger partial charge in [-0.25, -0.2) is 4.39 Å². The lowest BCUT2D eigenvalue weighted by molar-refractivity contribution is -0.118. The van der Waals surface area contributed by atoms with Crippen LogP contribution in [0.25, 0.3) is 0 Å². The molecule has 1 atom stereocenters. The van der Waals surface area contributed by atoms with E-state index in [-0.39, 0.29) is 22.9 Å². The Hall–Kier alpha value is -1.56. The number of rotatable bonds is 3. The summed E-state index contributed by atoms with van der Waals surface area (Å²) in [6.07, 6.45) is 0.985. The van der Waals surface area contributed by atoms with Gasteiger partial charge in [-0.05, 0) is 48.2 Å². The molecule has 2 aromatic carbocycles. The van der Waals surface area contributed by atoms with Gasteiger partial charge in [-0.1, -0.05) is 23.7 Å². The summed E-state index contributed by atoms with van der Waals surface area (Å²) >= 11 is 6.03. The molecule has 1 aliphatic carbocycles. The Labute approximate surface area is 146 Å². The molecule has 0 fully saturated rings. The zero-order chi connectivity index (χ0) is 17.5. The van der Waals surface area contributed by atoms with Gasteiger partial charge in [0.1, 0.15) is 11.5 Å². The van der Waals surface area contributed by atoms with Crippen molar-refractivity contribution >= 4 is 27.6 Å². The van der Waals surface area contributed by atoms with Crippen LogP contribution in [0.1, 0.15) is 28.7 Å². The fourth-order valence-electron chi connectivity index (χ4n) is 2.87. The Morgan fingerprint density at radius 3 is 2.67 bits per heavy atom. The van der Waals surface area contributed by atoms with Crippen molar-refractivity contribution in [2.24, 2.45) is 0 Å². The van der Waals surface area contributed by atoms with Crippen LogP contribution in [0, 0.1) is 12.7 Å². The van der Waals surface area contributed by atoms with Crippen LogP contribution in [0.5, 0.6) is 0 Å². The highest BCUT2D eigenvalue weighted by Gasteiger charge is 2.28. The van der Waals surface area contributed by atoms with Gasteiger partial charge in [-0.3, -0.25) is 4.79 Å². The Balaban J connectivity index is 1.96. The van der Waals surface area contributed by atoms with Gasteiger partial charge in [0.15, 0.2) is 10.7 Å². The number of sulfone groups is 1. The average molecular weight is 367 g/mol. The third-order valence-electron chi connectivity index (χ3n) is 4.24. The summed E-state index contributed by atoms with van der Waals surface area (Å²) in [6, 6.07) is 7.56. The molecule has 6 heteroatoms. The van der Waals surface area contributed by atoms with E-state index in [1.165, 1.54) is 12.1 Å². The molecule has 126 valence electrons. The van der Waals surface area contributed by atoms with Crippen LogP contribution < -0.4 is 0 Å². The van der Waals surface area contributed by atoms with Gasteiger partial charge in [0.05, 0.1) is 10.2 Å². The topological polar surface area (TPSA) is 57.2 Å². The van der Waals surface area contributed by atoms with Gasteiger partial charge in [-0.2, -0.15) is 0 Å². The summed E-state index contributed by atoms with van der Waals surface area (Å²) in [5.74, 6) is -1.07. The Bertz CT molecular complexity index is 879. The molecule has 0 saturated heterocycles. The molecule has 0 aliphatic heterocycles. The number of Topliss-reactive ketones (excluding diaryl/α,β-unsaturated/α-hetero) is 1. The first kappa shape index (κ1) is 17.3. The molecule has 0 radical (unpaired) electrons. The van der Waals surface area contributed by atoms with Crippen molar-refractivity contribution in [3.8, 4) is 0 Å². The predicted molar refractivity (Wildman–Crippen MR) is 90.4 cm³/mol. The average Bonchev–Trinajstić information content (AvgIpc) is 2.49. The van der Waals surface area contributed by atoms with E-state index in [2.05, 4.69) is 0 Å². The molecule has 2 aromatic rings. The van der Waals surface area contributed by atoms with Crippen LogP contribution >= 0.6 is 11.6 Å². The zero-order valence-electron chi connectivity index (χ0n) is 13.1. The number of halogens is 2. The second-order valence-electron chi connectivity index (χ2n) is 6.11. The number of hydrogen-bond acceptors (Lipinski definition) is 3. The molecular weight excluding hydrogens is 351 g/mol. The lowest BCUT2D eigenvalue weighted by Gasteiger charge is -2.20. The van der Waals surface area contributed by atoms with Crippen LogP contribution in [0.3, 0.4) is 0 Å². The van der Waals surface area contributed by atoms with E-state index in [9.17, 15) is 17.9 Å². The van der Waals surface area contributed by atoms with Crippen molar-refractivity contribution in [2.75, 3.05) is 0 Å². The third-order valence-corrected chi connectivity index (χ3v) is 6.35. The highest BCUT2D eigenvalue weighted by Crippen LogP contribution is 2.30. The largest absolute Gasteiger partial charge is 0.610 e. The fourth-order valence-corrected chi connectivity index (χ4v) is 4.53. The predicted octanol–water partition coefficient (Wildman–Crippen LogP) is 4.03. The van der Waals surface area contributed by atoms with Gasteiger partial charge in [-0.15, -0.1) is 4.21 Å². The second kappa shape index (κ2) is 6.39. The van der Waals surface area contributed by atoms with Crippen LogP contribution in [-0.4, -0.2) is 10.3 Å². The Kier molecular flexibility index (Phi) is 4.60. The van der Waals surface area contributed by atoms with Crippen LogP contribution in [0.4, 0.5) is 4.39 Å². The Morgan fingerprint density at radius 1 is 1.21 bits per heavy atom. The van der Waals surface area contributed by atoms with E-state index in [1.807, 2.05) is 6.92 Å². The lowest BCUT2D eigenvalue weighted by Crippen LogP contribution is -2.19. The van der Waals surface area contributed by atoms with Crippen molar-refractivity contribution < 1.29 is 17.9 Å². The van der Waals surface area contributed by atoms with E-state index in [0.29, 0.717) is 29.0 Å². The molecule has 0 heterocycles. The SMILES string of the molecule is Cc1ccc(C[S+](=O)([O-])c2cc3c(cc2F)CC(=O)CC3)cc1Cl. The number of ketones is 1. The maximum absolute atomic E-state index is 14.3. The summed E-state index contributed by atoms with van der Waals surface area (Å²) < 4.78 is 39.6. The minimum atomic E-state index is -3.84. The summed E-state index contributed by atoms with van der Waals surface area (Å²) in [4.78, 5) is 11.2. The van der Waals surface area contributed by atoms with Crippen LogP contribution in [0.15, 0.2) is 35.2 Å². The number of aryl methyl sites for hydroxylation is 2. The summed E-state index contributed by atoms with van der Waals surface area (Å²) in [7, 11) is -3.84. The fraction of sp³-hybridized carbons (Fsp3) is 0.278. The molecule has 0 spiro atoms. The van der Waals surface area contributed by atoms with Crippen molar-refractivity contribution in [3.63, 3.8) is 0 Å². The third kappa shape index (κ3) is 3.43. The molecule has 1 aliphatic rings. The maximum atomic E-state index is 14.3. The molecular formula is C18H16ClFO3S. The minimum Gasteiger partial charge on any atom is -0.610 e. The van der Waals surface area contributed by atoms with E-state index < -0.39 is 16.0 Å². The maximum Gasteiger partial charge on any atom is 0.191 e. The smallest absolute Gasteiger partial charge is 0.191 e. The van der Waals surface area contributed by atoms with E-state index >= 15 is 0 Å². The quantitative estimate of drug-likeness (QED) is 0.770. The molecule has 0 saturated carbocycles. The molecule has 0 aromatic heterocycles. The molecule has 0 N–H and O–H groups in total. The number of carbonyl (C=O) groups excluding carboxylic acids is 1. The van der Waals surface area contributed by atoms with Gasteiger partial charge < -0.3 is 4.55 Å². The number of benzene rings is 2. The molecule has 0 bridgehead atoms. The van der Waals surface area contributed by atoms with E-state index in [1.54, 1.807) is 18.2 Å². The number of hydrogen-bond donors (Lipinski definition) is 0. The van der Waals surface area contributed by atoms with Crippen molar-refractivity contribution in [1.29, 1.82) is 0 Å². The van der Waals surface area contributed by atoms with Gasteiger partial charge >= 0.3 is 0 Å². The van der Waals surface area contributed by atoms with Gasteiger partial charge in [0, 0.05) is 23.4 Å². The molecule has 24 heavy (non-hydrogen) atoms. The molecule has 3 nitrogen and oxygen atoms in total. The number of fused-ring (bicyclic) bond motifs is 1. The van der Waals surface area contributed by atoms with Crippen molar-refractivity contribution in [3.05, 3.63) is 63.4 Å². The van der Waals surface area contributed by atoms with Crippen molar-refractivity contribution in [2.45, 2.75) is 36.8 Å². The molecule has 3 rings (SSSR count). The van der Waals surface area contributed by atoms with E-state index in [0.717, 1.165) is 11.1 Å². The van der Waals surface area contributed by atoms with Crippen molar-refractivity contribution in [1.82, 2.24) is 0 Å². The highest BCUT2D eigenvalue weighted by atomic mass is 35.5. The first-order chi connectivity index (χ1) is 11.3. The Morgan fingerprint density at radius 2 is 1.96 bits per heavy atom. The first-order valence-corrected chi connectivity index (χ1v) is 9.60. The molecule has 1 unspecified atom stereocenters. The zero-order valence-corrected chi connectivity index (χ0v) is 14.7. The monoisotopic (exact) mass is 366 g/mol. The second-order valence-corrected chi connectivity index (χ2v) is 8.47. The van der Waals surface area contributed by atoms with E-state index in [4.69, 9.17) is 11.6 Å². The number of carbonyl (C=O) groups is 1. The van der Waals surface area contributed by atoms with Gasteiger partial charge in [0.25, 0.3) is 0 Å². The summed E-state index contributed by atoms with van der Waals surface area (Å²) in [5.41, 5.74) is 2.68. The molecule has 0 amide bonds. The van der Waals surface area contributed by atoms with Crippen LogP contribution in [-0.2, 0) is 37.8 Å². The standard InChI is InChI=1S/C18H16ClFO3S/c1-11-2-3-12(6-16(11)19)10-24(22,23)18-9-13-4-5-15(21)7-14(13)8-17(18)20/h2-3,6,8-9H,4-5,7,10H2,1H3. The van der Waals surface area contributed by atoms with Gasteiger partial charge in [0.2, 0.25) is 0 Å². The summed E-state index contributed by atoms with van der Waals surface area (Å²) in [5, 5.41) is 0.479. The normalized spacial score (nSPS) is 16.6. The lowest BCUT2D eigenvalue weighted by atomic mass is 9.91. The minimum absolute atomic E-state index is 0.0480. The summed E-state index contributed by atoms with van der Waals surface area (Å²) in [6.45, 7) is 1.82.